The summed E-state index contributed by atoms with van der Waals surface area (Å²) in [6.45, 7) is 5.39. The van der Waals surface area contributed by atoms with Gasteiger partial charge in [0.2, 0.25) is 5.84 Å². The van der Waals surface area contributed by atoms with Crippen molar-refractivity contribution in [3.63, 3.8) is 0 Å². The van der Waals surface area contributed by atoms with Crippen LogP contribution in [0, 0.1) is 0 Å². The molecule has 1 atom stereocenters. The lowest BCUT2D eigenvalue weighted by molar-refractivity contribution is -0.136. The molecular weight excluding hydrogens is 442 g/mol. The standard InChI is InChI=1S/C24H27N3O7/c1-4-31-22(28)21-25-20(26(23(29)32-5-2)27(21)24(30)33-6-3)18-12-14-19(15-13-18)34-16-17-10-8-7-9-11-17/h7-15,20H,4-6,16H2,1-3H3. The van der Waals surface area contributed by atoms with E-state index in [9.17, 15) is 14.4 Å². The normalized spacial score (nSPS) is 14.9. The van der Waals surface area contributed by atoms with Crippen molar-refractivity contribution in [2.24, 2.45) is 4.99 Å². The van der Waals surface area contributed by atoms with E-state index in [4.69, 9.17) is 18.9 Å². The molecule has 0 spiro atoms. The van der Waals surface area contributed by atoms with Gasteiger partial charge in [-0.3, -0.25) is 0 Å². The Hall–Kier alpha value is -4.08. The molecule has 0 bridgehead atoms. The summed E-state index contributed by atoms with van der Waals surface area (Å²) in [7, 11) is 0. The molecule has 1 aliphatic heterocycles. The van der Waals surface area contributed by atoms with Crippen molar-refractivity contribution in [2.75, 3.05) is 19.8 Å². The van der Waals surface area contributed by atoms with Gasteiger partial charge < -0.3 is 18.9 Å². The van der Waals surface area contributed by atoms with Gasteiger partial charge in [-0.2, -0.15) is 10.0 Å². The molecule has 34 heavy (non-hydrogen) atoms. The first-order chi connectivity index (χ1) is 16.5. The van der Waals surface area contributed by atoms with E-state index in [1.807, 2.05) is 30.3 Å². The van der Waals surface area contributed by atoms with Gasteiger partial charge in [-0.05, 0) is 44.0 Å². The van der Waals surface area contributed by atoms with Gasteiger partial charge in [0.25, 0.3) is 0 Å². The maximum atomic E-state index is 12.8. The third-order valence-corrected chi connectivity index (χ3v) is 4.67. The molecule has 10 heteroatoms. The molecule has 180 valence electrons. The van der Waals surface area contributed by atoms with Gasteiger partial charge in [0, 0.05) is 0 Å². The molecule has 2 aromatic carbocycles. The van der Waals surface area contributed by atoms with Gasteiger partial charge in [-0.15, -0.1) is 0 Å². The van der Waals surface area contributed by atoms with Gasteiger partial charge in [0.15, 0.2) is 6.17 Å². The molecule has 1 unspecified atom stereocenters. The van der Waals surface area contributed by atoms with E-state index in [-0.39, 0.29) is 25.7 Å². The fraction of sp³-hybridized carbons (Fsp3) is 0.333. The first kappa shape index (κ1) is 24.6. The van der Waals surface area contributed by atoms with E-state index in [2.05, 4.69) is 4.99 Å². The summed E-state index contributed by atoms with van der Waals surface area (Å²) < 4.78 is 21.0. The minimum absolute atomic E-state index is 0.0280. The number of hydrogen-bond acceptors (Lipinski definition) is 8. The van der Waals surface area contributed by atoms with Crippen LogP contribution in [-0.4, -0.2) is 53.8 Å². The maximum Gasteiger partial charge on any atom is 0.435 e. The van der Waals surface area contributed by atoms with Crippen LogP contribution in [0.2, 0.25) is 0 Å². The molecule has 0 fully saturated rings. The number of carbonyl (C=O) groups excluding carboxylic acids is 3. The zero-order valence-corrected chi connectivity index (χ0v) is 19.3. The highest BCUT2D eigenvalue weighted by molar-refractivity contribution is 6.38. The molecule has 3 rings (SSSR count). The van der Waals surface area contributed by atoms with E-state index in [1.165, 1.54) is 0 Å². The summed E-state index contributed by atoms with van der Waals surface area (Å²) in [6, 6.07) is 16.5. The van der Waals surface area contributed by atoms with Gasteiger partial charge >= 0.3 is 18.2 Å². The third kappa shape index (κ3) is 5.64. The minimum Gasteiger partial charge on any atom is -0.489 e. The predicted molar refractivity (Wildman–Crippen MR) is 122 cm³/mol. The number of esters is 1. The molecule has 0 saturated carbocycles. The van der Waals surface area contributed by atoms with Crippen molar-refractivity contribution < 1.29 is 33.3 Å². The fourth-order valence-corrected chi connectivity index (χ4v) is 3.19. The number of benzene rings is 2. The molecule has 1 heterocycles. The molecular formula is C24H27N3O7. The average molecular weight is 469 g/mol. The van der Waals surface area contributed by atoms with Crippen LogP contribution in [0.3, 0.4) is 0 Å². The first-order valence-corrected chi connectivity index (χ1v) is 10.9. The van der Waals surface area contributed by atoms with E-state index in [0.717, 1.165) is 15.6 Å². The zero-order valence-electron chi connectivity index (χ0n) is 19.3. The summed E-state index contributed by atoms with van der Waals surface area (Å²) in [5.74, 6) is -0.636. The number of rotatable bonds is 8. The summed E-state index contributed by atoms with van der Waals surface area (Å²) >= 11 is 0. The molecule has 2 aromatic rings. The predicted octanol–water partition coefficient (Wildman–Crippen LogP) is 4.07. The number of hydrazine groups is 1. The maximum absolute atomic E-state index is 12.8. The molecule has 0 aliphatic carbocycles. The van der Waals surface area contributed by atoms with Crippen LogP contribution in [0.1, 0.15) is 38.1 Å². The quantitative estimate of drug-likeness (QED) is 0.424. The van der Waals surface area contributed by atoms with Crippen LogP contribution in [0.5, 0.6) is 5.75 Å². The minimum atomic E-state index is -1.05. The number of amides is 2. The van der Waals surface area contributed by atoms with Crippen LogP contribution >= 0.6 is 0 Å². The highest BCUT2D eigenvalue weighted by atomic mass is 16.6. The number of ether oxygens (including phenoxy) is 4. The smallest absolute Gasteiger partial charge is 0.435 e. The SMILES string of the molecule is CCOC(=O)C1=NC(c2ccc(OCc3ccccc3)cc2)N(C(=O)OCC)N1C(=O)OCC. The lowest BCUT2D eigenvalue weighted by atomic mass is 10.1. The van der Waals surface area contributed by atoms with Gasteiger partial charge in [0.05, 0.1) is 19.8 Å². The Labute approximate surface area is 197 Å². The highest BCUT2D eigenvalue weighted by Crippen LogP contribution is 2.33. The van der Waals surface area contributed by atoms with Gasteiger partial charge in [0.1, 0.15) is 12.4 Å². The third-order valence-electron chi connectivity index (χ3n) is 4.67. The number of amidine groups is 1. The number of nitrogens with zero attached hydrogens (tertiary/aromatic N) is 3. The molecule has 0 radical (unpaired) electrons. The number of aliphatic imine (C=N–C) groups is 1. The molecule has 0 saturated heterocycles. The van der Waals surface area contributed by atoms with Gasteiger partial charge in [-0.25, -0.2) is 19.4 Å². The van der Waals surface area contributed by atoms with Crippen molar-refractivity contribution >= 4 is 24.0 Å². The van der Waals surface area contributed by atoms with Gasteiger partial charge in [-0.1, -0.05) is 42.5 Å². The molecule has 10 nitrogen and oxygen atoms in total. The summed E-state index contributed by atoms with van der Waals surface area (Å²) in [5, 5.41) is 1.69. The van der Waals surface area contributed by atoms with E-state index >= 15 is 0 Å². The van der Waals surface area contributed by atoms with Crippen molar-refractivity contribution in [3.05, 3.63) is 65.7 Å². The largest absolute Gasteiger partial charge is 0.489 e. The number of hydrogen-bond donors (Lipinski definition) is 0. The Morgan fingerprint density at radius 1 is 0.824 bits per heavy atom. The fourth-order valence-electron chi connectivity index (χ4n) is 3.19. The monoisotopic (exact) mass is 469 g/mol. The lowest BCUT2D eigenvalue weighted by Gasteiger charge is -2.29. The molecule has 0 aromatic heterocycles. The summed E-state index contributed by atoms with van der Waals surface area (Å²) in [6.07, 6.45) is -2.87. The Bertz CT molecular complexity index is 1020. The highest BCUT2D eigenvalue weighted by Gasteiger charge is 2.47. The van der Waals surface area contributed by atoms with Crippen molar-refractivity contribution in [3.8, 4) is 5.75 Å². The van der Waals surface area contributed by atoms with Crippen molar-refractivity contribution in [1.29, 1.82) is 0 Å². The van der Waals surface area contributed by atoms with Crippen molar-refractivity contribution in [1.82, 2.24) is 10.0 Å². The Morgan fingerprint density at radius 3 is 2.06 bits per heavy atom. The van der Waals surface area contributed by atoms with E-state index in [1.54, 1.807) is 45.0 Å². The zero-order chi connectivity index (χ0) is 24.5. The average Bonchev–Trinajstić information content (AvgIpc) is 3.25. The Kier molecular flexibility index (Phi) is 8.44. The van der Waals surface area contributed by atoms with Crippen LogP contribution < -0.4 is 4.74 Å². The molecule has 1 aliphatic rings. The van der Waals surface area contributed by atoms with Crippen LogP contribution in [-0.2, 0) is 25.6 Å². The van der Waals surface area contributed by atoms with E-state index in [0.29, 0.717) is 17.9 Å². The number of carbonyl (C=O) groups is 3. The second-order valence-electron chi connectivity index (χ2n) is 6.94. The van der Waals surface area contributed by atoms with Crippen LogP contribution in [0.25, 0.3) is 0 Å². The summed E-state index contributed by atoms with van der Waals surface area (Å²) in [5.41, 5.74) is 1.54. The topological polar surface area (TPSA) is 107 Å². The second-order valence-corrected chi connectivity index (χ2v) is 6.94. The summed E-state index contributed by atoms with van der Waals surface area (Å²) in [4.78, 5) is 42.3. The van der Waals surface area contributed by atoms with Crippen LogP contribution in [0.4, 0.5) is 9.59 Å². The molecule has 0 N–H and O–H groups in total. The first-order valence-electron chi connectivity index (χ1n) is 10.9. The van der Waals surface area contributed by atoms with E-state index < -0.39 is 24.3 Å². The second kappa shape index (κ2) is 11.7. The Morgan fingerprint density at radius 2 is 1.44 bits per heavy atom. The Balaban J connectivity index is 1.90. The molecule has 2 amide bonds. The van der Waals surface area contributed by atoms with Crippen molar-refractivity contribution in [2.45, 2.75) is 33.5 Å². The van der Waals surface area contributed by atoms with Crippen LogP contribution in [0.15, 0.2) is 59.6 Å². The lowest BCUT2D eigenvalue weighted by Crippen LogP contribution is -2.51.